The molecule has 2 rings (SSSR count). The van der Waals surface area contributed by atoms with Gasteiger partial charge in [-0.1, -0.05) is 32.4 Å². The Hall–Kier alpha value is -1.68. The number of rotatable bonds is 1. The van der Waals surface area contributed by atoms with Crippen LogP contribution >= 0.6 is 11.6 Å². The summed E-state index contributed by atoms with van der Waals surface area (Å²) in [6.45, 7) is 7.57. The van der Waals surface area contributed by atoms with Crippen LogP contribution in [0.1, 0.15) is 32.2 Å². The van der Waals surface area contributed by atoms with Gasteiger partial charge < -0.3 is 4.98 Å². The fourth-order valence-corrected chi connectivity index (χ4v) is 1.99. The fraction of sp³-hybridized carbons (Fsp3) is 0.333. The van der Waals surface area contributed by atoms with E-state index in [1.54, 1.807) is 13.0 Å². The van der Waals surface area contributed by atoms with E-state index in [0.717, 1.165) is 0 Å². The number of hydrogen-bond donors (Lipinski definition) is 1. The SMILES string of the molecule is Cc1c(-c2ccc(F)c(Cl)c2)nc(C(C)(C)C)[nH]c1=O. The smallest absolute Gasteiger partial charge is 0.254 e. The second-order valence-electron chi connectivity index (χ2n) is 5.77. The Morgan fingerprint density at radius 1 is 1.30 bits per heavy atom. The summed E-state index contributed by atoms with van der Waals surface area (Å²) in [6.07, 6.45) is 0. The van der Waals surface area contributed by atoms with Crippen molar-refractivity contribution < 1.29 is 4.39 Å². The molecule has 5 heteroatoms. The van der Waals surface area contributed by atoms with Crippen LogP contribution in [0, 0.1) is 12.7 Å². The van der Waals surface area contributed by atoms with Gasteiger partial charge in [0.15, 0.2) is 0 Å². The van der Waals surface area contributed by atoms with Crippen molar-refractivity contribution in [2.75, 3.05) is 0 Å². The first-order valence-corrected chi connectivity index (χ1v) is 6.65. The zero-order valence-corrected chi connectivity index (χ0v) is 12.6. The highest BCUT2D eigenvalue weighted by Crippen LogP contribution is 2.26. The molecule has 1 heterocycles. The van der Waals surface area contributed by atoms with E-state index < -0.39 is 5.82 Å². The van der Waals surface area contributed by atoms with Crippen LogP contribution < -0.4 is 5.56 Å². The molecule has 1 aromatic carbocycles. The van der Waals surface area contributed by atoms with Crippen molar-refractivity contribution in [3.63, 3.8) is 0 Å². The number of aromatic amines is 1. The van der Waals surface area contributed by atoms with Crippen LogP contribution in [-0.4, -0.2) is 9.97 Å². The molecule has 0 atom stereocenters. The fourth-order valence-electron chi connectivity index (χ4n) is 1.81. The molecule has 0 saturated heterocycles. The Labute approximate surface area is 121 Å². The van der Waals surface area contributed by atoms with Gasteiger partial charge in [0, 0.05) is 16.5 Å². The largest absolute Gasteiger partial charge is 0.310 e. The maximum atomic E-state index is 13.2. The minimum atomic E-state index is -0.492. The summed E-state index contributed by atoms with van der Waals surface area (Å²) < 4.78 is 13.2. The molecule has 0 saturated carbocycles. The van der Waals surface area contributed by atoms with E-state index in [9.17, 15) is 9.18 Å². The molecule has 0 aliphatic carbocycles. The summed E-state index contributed by atoms with van der Waals surface area (Å²) in [5.74, 6) is 0.0949. The quantitative estimate of drug-likeness (QED) is 0.868. The second-order valence-corrected chi connectivity index (χ2v) is 6.17. The number of nitrogens with one attached hydrogen (secondary N) is 1. The molecule has 1 aromatic heterocycles. The minimum absolute atomic E-state index is 0.0151. The number of hydrogen-bond acceptors (Lipinski definition) is 2. The summed E-state index contributed by atoms with van der Waals surface area (Å²) in [4.78, 5) is 19.3. The van der Waals surface area contributed by atoms with Gasteiger partial charge in [0.25, 0.3) is 5.56 Å². The second kappa shape index (κ2) is 5.02. The van der Waals surface area contributed by atoms with Gasteiger partial charge in [0.05, 0.1) is 10.7 Å². The lowest BCUT2D eigenvalue weighted by Crippen LogP contribution is -2.24. The lowest BCUT2D eigenvalue weighted by molar-refractivity contribution is 0.542. The molecular weight excluding hydrogens is 279 g/mol. The molecule has 0 spiro atoms. The van der Waals surface area contributed by atoms with Crippen LogP contribution in [0.4, 0.5) is 4.39 Å². The van der Waals surface area contributed by atoms with Crippen molar-refractivity contribution in [1.29, 1.82) is 0 Å². The predicted octanol–water partition coefficient (Wildman–Crippen LogP) is 3.84. The van der Waals surface area contributed by atoms with E-state index in [2.05, 4.69) is 9.97 Å². The summed E-state index contributed by atoms with van der Waals surface area (Å²) in [7, 11) is 0. The Balaban J connectivity index is 2.70. The molecule has 0 fully saturated rings. The number of nitrogens with zero attached hydrogens (tertiary/aromatic N) is 1. The molecule has 20 heavy (non-hydrogen) atoms. The van der Waals surface area contributed by atoms with E-state index in [0.29, 0.717) is 22.6 Å². The average molecular weight is 295 g/mol. The average Bonchev–Trinajstić information content (AvgIpc) is 2.34. The van der Waals surface area contributed by atoms with Gasteiger partial charge in [-0.3, -0.25) is 4.79 Å². The van der Waals surface area contributed by atoms with E-state index >= 15 is 0 Å². The van der Waals surface area contributed by atoms with Crippen molar-refractivity contribution in [2.24, 2.45) is 0 Å². The van der Waals surface area contributed by atoms with Crippen LogP contribution in [-0.2, 0) is 5.41 Å². The molecule has 0 bridgehead atoms. The molecule has 0 unspecified atom stereocenters. The van der Waals surface area contributed by atoms with Crippen LogP contribution in [0.3, 0.4) is 0 Å². The molecule has 0 aliphatic rings. The maximum absolute atomic E-state index is 13.2. The van der Waals surface area contributed by atoms with E-state index in [-0.39, 0.29) is 16.0 Å². The van der Waals surface area contributed by atoms with Crippen LogP contribution in [0.25, 0.3) is 11.3 Å². The first kappa shape index (κ1) is 14.7. The van der Waals surface area contributed by atoms with E-state index in [1.807, 2.05) is 20.8 Å². The number of benzene rings is 1. The lowest BCUT2D eigenvalue weighted by Gasteiger charge is -2.18. The third-order valence-corrected chi connectivity index (χ3v) is 3.34. The van der Waals surface area contributed by atoms with Crippen molar-refractivity contribution in [3.05, 3.63) is 50.8 Å². The monoisotopic (exact) mass is 294 g/mol. The molecule has 0 aliphatic heterocycles. The number of H-pyrrole nitrogens is 1. The highest BCUT2D eigenvalue weighted by molar-refractivity contribution is 6.31. The third-order valence-electron chi connectivity index (χ3n) is 3.05. The third kappa shape index (κ3) is 2.75. The van der Waals surface area contributed by atoms with Gasteiger partial charge in [-0.25, -0.2) is 9.37 Å². The molecular formula is C15H16ClFN2O. The first-order chi connectivity index (χ1) is 9.20. The molecule has 3 nitrogen and oxygen atoms in total. The Morgan fingerprint density at radius 3 is 2.50 bits per heavy atom. The van der Waals surface area contributed by atoms with Gasteiger partial charge in [0.2, 0.25) is 0 Å². The van der Waals surface area contributed by atoms with Gasteiger partial charge in [-0.05, 0) is 25.1 Å². The maximum Gasteiger partial charge on any atom is 0.254 e. The highest BCUT2D eigenvalue weighted by Gasteiger charge is 2.20. The first-order valence-electron chi connectivity index (χ1n) is 6.27. The van der Waals surface area contributed by atoms with Gasteiger partial charge in [0.1, 0.15) is 11.6 Å². The molecule has 2 aromatic rings. The summed E-state index contributed by atoms with van der Waals surface area (Å²) in [6, 6.07) is 4.33. The van der Waals surface area contributed by atoms with Crippen LogP contribution in [0.15, 0.2) is 23.0 Å². The normalized spacial score (nSPS) is 11.7. The zero-order valence-electron chi connectivity index (χ0n) is 11.8. The van der Waals surface area contributed by atoms with Crippen molar-refractivity contribution in [1.82, 2.24) is 9.97 Å². The van der Waals surface area contributed by atoms with Gasteiger partial charge in [-0.15, -0.1) is 0 Å². The summed E-state index contributed by atoms with van der Waals surface area (Å²) >= 11 is 5.80. The number of halogens is 2. The Morgan fingerprint density at radius 2 is 1.95 bits per heavy atom. The topological polar surface area (TPSA) is 45.8 Å². The molecule has 0 amide bonds. The number of aromatic nitrogens is 2. The van der Waals surface area contributed by atoms with Crippen molar-refractivity contribution in [2.45, 2.75) is 33.1 Å². The summed E-state index contributed by atoms with van der Waals surface area (Å²) in [5.41, 5.74) is 1.16. The van der Waals surface area contributed by atoms with Gasteiger partial charge >= 0.3 is 0 Å². The Bertz CT molecular complexity index is 717. The molecule has 1 N–H and O–H groups in total. The summed E-state index contributed by atoms with van der Waals surface area (Å²) in [5, 5.41) is 0.0151. The minimum Gasteiger partial charge on any atom is -0.310 e. The highest BCUT2D eigenvalue weighted by atomic mass is 35.5. The van der Waals surface area contributed by atoms with Gasteiger partial charge in [-0.2, -0.15) is 0 Å². The van der Waals surface area contributed by atoms with Crippen molar-refractivity contribution in [3.8, 4) is 11.3 Å². The molecule has 0 radical (unpaired) electrons. The van der Waals surface area contributed by atoms with Crippen LogP contribution in [0.5, 0.6) is 0 Å². The zero-order chi connectivity index (χ0) is 15.1. The van der Waals surface area contributed by atoms with E-state index in [4.69, 9.17) is 11.6 Å². The van der Waals surface area contributed by atoms with Crippen molar-refractivity contribution >= 4 is 11.6 Å². The van der Waals surface area contributed by atoms with E-state index in [1.165, 1.54) is 12.1 Å². The van der Waals surface area contributed by atoms with Crippen LogP contribution in [0.2, 0.25) is 5.02 Å². The standard InChI is InChI=1S/C15H16ClFN2O/c1-8-12(9-5-6-11(17)10(16)7-9)18-14(15(2,3)4)19-13(8)20/h5-7H,1-4H3,(H,18,19,20). The Kier molecular flexibility index (Phi) is 3.69. The predicted molar refractivity (Wildman–Crippen MR) is 78.7 cm³/mol. The lowest BCUT2D eigenvalue weighted by atomic mass is 9.95. The molecule has 106 valence electrons.